The number of halogens is 5. The van der Waals surface area contributed by atoms with Gasteiger partial charge in [-0.1, -0.05) is 0 Å². The van der Waals surface area contributed by atoms with Gasteiger partial charge < -0.3 is 14.6 Å². The molecule has 0 radical (unpaired) electrons. The molecule has 0 saturated carbocycles. The van der Waals surface area contributed by atoms with Gasteiger partial charge in [-0.3, -0.25) is 9.59 Å². The minimum Gasteiger partial charge on any atom is -0.550 e. The van der Waals surface area contributed by atoms with Crippen molar-refractivity contribution in [2.24, 2.45) is 0 Å². The number of carbonyl (C=O) groups excluding carboxylic acids is 3. The second kappa shape index (κ2) is 11.9. The van der Waals surface area contributed by atoms with Crippen LogP contribution in [0.3, 0.4) is 0 Å². The number of carboxylic acids is 1. The number of hydrogen-bond donors (Lipinski definition) is 0. The van der Waals surface area contributed by atoms with Crippen molar-refractivity contribution in [3.8, 4) is 0 Å². The quantitative estimate of drug-likeness (QED) is 0.118. The summed E-state index contributed by atoms with van der Waals surface area (Å²) in [7, 11) is 0. The molecule has 122 valence electrons. The second-order valence-electron chi connectivity index (χ2n) is 3.48. The monoisotopic (exact) mass is 382 g/mol. The van der Waals surface area contributed by atoms with E-state index in [1.165, 1.54) is 0 Å². The van der Waals surface area contributed by atoms with Gasteiger partial charge in [-0.15, -0.1) is 0 Å². The SMILES string of the molecule is CCOC(=O)CC(=O)[O-].O=C(Cl)c1cc(F)c(F)c(F)c1F.[K+]. The average molecular weight is 383 g/mol. The average Bonchev–Trinajstić information content (AvgIpc) is 2.40. The predicted octanol–water partition coefficient (Wildman–Crippen LogP) is -1.68. The van der Waals surface area contributed by atoms with Gasteiger partial charge in [-0.2, -0.15) is 0 Å². The molecular formula is C12H8ClF4KO5. The third kappa shape index (κ3) is 8.77. The summed E-state index contributed by atoms with van der Waals surface area (Å²) in [6.45, 7) is 1.80. The molecule has 0 saturated heterocycles. The van der Waals surface area contributed by atoms with E-state index in [1.54, 1.807) is 6.92 Å². The van der Waals surface area contributed by atoms with E-state index in [2.05, 4.69) is 4.74 Å². The van der Waals surface area contributed by atoms with Gasteiger partial charge in [0.25, 0.3) is 5.24 Å². The molecule has 0 atom stereocenters. The topological polar surface area (TPSA) is 83.5 Å². The van der Waals surface area contributed by atoms with Crippen LogP contribution in [0.5, 0.6) is 0 Å². The van der Waals surface area contributed by atoms with Crippen LogP contribution in [0.2, 0.25) is 0 Å². The van der Waals surface area contributed by atoms with Crippen LogP contribution in [0.15, 0.2) is 6.07 Å². The molecule has 1 aromatic carbocycles. The molecule has 0 N–H and O–H groups in total. The molecule has 0 amide bonds. The normalized spacial score (nSPS) is 9.13. The molecule has 0 aliphatic carbocycles. The maximum atomic E-state index is 12.6. The van der Waals surface area contributed by atoms with Gasteiger partial charge in [0, 0.05) is 0 Å². The van der Waals surface area contributed by atoms with Crippen molar-refractivity contribution in [2.45, 2.75) is 13.3 Å². The largest absolute Gasteiger partial charge is 1.00 e. The number of rotatable bonds is 4. The van der Waals surface area contributed by atoms with E-state index in [4.69, 9.17) is 11.6 Å². The van der Waals surface area contributed by atoms with E-state index >= 15 is 0 Å². The number of ether oxygens (including phenoxy) is 1. The van der Waals surface area contributed by atoms with E-state index in [0.717, 1.165) is 0 Å². The molecule has 0 heterocycles. The molecule has 5 nitrogen and oxygen atoms in total. The fraction of sp³-hybridized carbons (Fsp3) is 0.250. The number of carbonyl (C=O) groups is 3. The molecule has 0 aliphatic heterocycles. The third-order valence-corrected chi connectivity index (χ3v) is 2.11. The summed E-state index contributed by atoms with van der Waals surface area (Å²) in [5.41, 5.74) is -1.03. The number of esters is 1. The van der Waals surface area contributed by atoms with Crippen LogP contribution in [0, 0.1) is 23.3 Å². The Labute approximate surface area is 175 Å². The van der Waals surface area contributed by atoms with Gasteiger partial charge in [-0.25, -0.2) is 17.6 Å². The minimum absolute atomic E-state index is 0. The van der Waals surface area contributed by atoms with Crippen LogP contribution in [0.1, 0.15) is 23.7 Å². The number of aliphatic carboxylic acids is 1. The summed E-state index contributed by atoms with van der Waals surface area (Å²) in [6.07, 6.45) is -0.659. The molecule has 0 aliphatic rings. The van der Waals surface area contributed by atoms with Crippen molar-refractivity contribution in [3.05, 3.63) is 34.9 Å². The van der Waals surface area contributed by atoms with Gasteiger partial charge in [0.05, 0.1) is 24.6 Å². The Morgan fingerprint density at radius 3 is 2.04 bits per heavy atom. The van der Waals surface area contributed by atoms with Crippen LogP contribution >= 0.6 is 11.6 Å². The summed E-state index contributed by atoms with van der Waals surface area (Å²) in [6, 6.07) is 0.197. The van der Waals surface area contributed by atoms with Crippen molar-refractivity contribution >= 4 is 28.8 Å². The molecule has 1 rings (SSSR count). The Morgan fingerprint density at radius 2 is 1.65 bits per heavy atom. The molecule has 23 heavy (non-hydrogen) atoms. The smallest absolute Gasteiger partial charge is 0.550 e. The first-order valence-electron chi connectivity index (χ1n) is 5.50. The van der Waals surface area contributed by atoms with Crippen molar-refractivity contribution in [1.82, 2.24) is 0 Å². The minimum atomic E-state index is -2.05. The number of carboxylic acid groups (broad SMARTS) is 1. The molecular weight excluding hydrogens is 375 g/mol. The molecule has 11 heteroatoms. The molecule has 0 fully saturated rings. The zero-order chi connectivity index (χ0) is 17.4. The summed E-state index contributed by atoms with van der Waals surface area (Å²) in [5, 5.41) is 8.28. The van der Waals surface area contributed by atoms with Crippen molar-refractivity contribution in [3.63, 3.8) is 0 Å². The van der Waals surface area contributed by atoms with E-state index < -0.39 is 52.4 Å². The maximum absolute atomic E-state index is 12.6. The van der Waals surface area contributed by atoms with Crippen LogP contribution in [0.4, 0.5) is 17.6 Å². The first kappa shape index (κ1) is 24.7. The van der Waals surface area contributed by atoms with Crippen molar-refractivity contribution in [2.75, 3.05) is 6.61 Å². The summed E-state index contributed by atoms with van der Waals surface area (Å²) in [5.74, 6) is -9.64. The molecule has 0 bridgehead atoms. The van der Waals surface area contributed by atoms with Crippen LogP contribution in [-0.2, 0) is 14.3 Å². The Kier molecular flexibility index (Phi) is 12.8. The fourth-order valence-electron chi connectivity index (χ4n) is 1.05. The Bertz CT molecular complexity index is 597. The van der Waals surface area contributed by atoms with Gasteiger partial charge in [0.15, 0.2) is 23.3 Å². The second-order valence-corrected chi connectivity index (χ2v) is 3.82. The third-order valence-electron chi connectivity index (χ3n) is 1.91. The first-order chi connectivity index (χ1) is 10.1. The predicted molar refractivity (Wildman–Crippen MR) is 62.7 cm³/mol. The van der Waals surface area contributed by atoms with Crippen LogP contribution in [0.25, 0.3) is 0 Å². The zero-order valence-electron chi connectivity index (χ0n) is 11.9. The summed E-state index contributed by atoms with van der Waals surface area (Å²) >= 11 is 4.77. The fourth-order valence-corrected chi connectivity index (χ4v) is 1.18. The van der Waals surface area contributed by atoms with E-state index in [-0.39, 0.29) is 64.1 Å². The Balaban J connectivity index is 0. The van der Waals surface area contributed by atoms with E-state index in [1.807, 2.05) is 0 Å². The van der Waals surface area contributed by atoms with Gasteiger partial charge in [-0.05, 0) is 24.6 Å². The molecule has 0 spiro atoms. The van der Waals surface area contributed by atoms with Crippen LogP contribution < -0.4 is 56.5 Å². The molecule has 0 unspecified atom stereocenters. The van der Waals surface area contributed by atoms with Gasteiger partial charge in [0.2, 0.25) is 0 Å². The van der Waals surface area contributed by atoms with E-state index in [9.17, 15) is 37.1 Å². The summed E-state index contributed by atoms with van der Waals surface area (Å²) in [4.78, 5) is 30.2. The number of benzene rings is 1. The first-order valence-corrected chi connectivity index (χ1v) is 5.87. The van der Waals surface area contributed by atoms with Crippen molar-refractivity contribution < 1.29 is 93.2 Å². The van der Waals surface area contributed by atoms with Gasteiger partial charge in [0.1, 0.15) is 0 Å². The standard InChI is InChI=1S/C7HClF4O.C5H8O4.K/c8-7(13)2-1-3(9)5(11)6(12)4(2)10;1-2-9-5(8)3-4(6)7;/h1H;2-3H2,1H3,(H,6,7);/q;;+1/p-1. The molecule has 1 aromatic rings. The number of hydrogen-bond acceptors (Lipinski definition) is 5. The maximum Gasteiger partial charge on any atom is 1.00 e. The summed E-state index contributed by atoms with van der Waals surface area (Å²) < 4.78 is 54.0. The Morgan fingerprint density at radius 1 is 1.13 bits per heavy atom. The zero-order valence-corrected chi connectivity index (χ0v) is 15.8. The Hall–Kier alpha value is -0.524. The van der Waals surface area contributed by atoms with Crippen LogP contribution in [-0.4, -0.2) is 23.8 Å². The van der Waals surface area contributed by atoms with Gasteiger partial charge >= 0.3 is 57.4 Å². The molecule has 0 aromatic heterocycles. The van der Waals surface area contributed by atoms with Crippen molar-refractivity contribution in [1.29, 1.82) is 0 Å². The van der Waals surface area contributed by atoms with E-state index in [0.29, 0.717) is 0 Å².